The van der Waals surface area contributed by atoms with Gasteiger partial charge >= 0.3 is 0 Å². The van der Waals surface area contributed by atoms with Crippen LogP contribution in [0.5, 0.6) is 0 Å². The second kappa shape index (κ2) is 22.4. The van der Waals surface area contributed by atoms with Crippen molar-refractivity contribution in [3.63, 3.8) is 0 Å². The third kappa shape index (κ3) is 15.6. The summed E-state index contributed by atoms with van der Waals surface area (Å²) in [5.41, 5.74) is 8.93. The molecule has 2 nitrogen and oxygen atoms in total. The first-order valence-electron chi connectivity index (χ1n) is 16.2. The Morgan fingerprint density at radius 1 is 0.561 bits per heavy atom. The van der Waals surface area contributed by atoms with Gasteiger partial charge in [0.2, 0.25) is 0 Å². The molecule has 0 fully saturated rings. The van der Waals surface area contributed by atoms with Crippen LogP contribution >= 0.6 is 0 Å². The van der Waals surface area contributed by atoms with Crippen molar-refractivity contribution >= 4 is 22.8 Å². The van der Waals surface area contributed by atoms with E-state index in [-0.39, 0.29) is 16.5 Å². The molecule has 0 aromatic heterocycles. The summed E-state index contributed by atoms with van der Waals surface area (Å²) >= 11 is 0. The Balaban J connectivity index is 0.00000840. The van der Waals surface area contributed by atoms with Crippen LogP contribution in [0.3, 0.4) is 0 Å². The van der Waals surface area contributed by atoms with Gasteiger partial charge in [-0.25, -0.2) is 4.99 Å². The number of aliphatic imine (C=N–C) groups is 2. The number of hydrogen-bond donors (Lipinski definition) is 0. The van der Waals surface area contributed by atoms with Gasteiger partial charge in [0, 0.05) is 22.9 Å². The van der Waals surface area contributed by atoms with E-state index in [9.17, 15) is 0 Å². The maximum absolute atomic E-state index is 5.15. The smallest absolute Gasteiger partial charge is 0.135 e. The minimum Gasteiger partial charge on any atom is -0.251 e. The zero-order chi connectivity index (χ0) is 29.0. The van der Waals surface area contributed by atoms with Crippen LogP contribution in [0.15, 0.2) is 46.4 Å². The fourth-order valence-corrected chi connectivity index (χ4v) is 4.83. The largest absolute Gasteiger partial charge is 0.251 e. The fraction of sp³-hybridized carbons (Fsp3) is 0.579. The molecule has 0 N–H and O–H groups in total. The molecule has 0 atom stereocenters. The summed E-state index contributed by atoms with van der Waals surface area (Å²) in [6.45, 7) is 13.2. The molecule has 0 bridgehead atoms. The zero-order valence-corrected chi connectivity index (χ0v) is 28.0. The van der Waals surface area contributed by atoms with Crippen molar-refractivity contribution in [1.82, 2.24) is 0 Å². The first kappa shape index (κ1) is 36.9. The first-order valence-corrected chi connectivity index (χ1v) is 16.2. The Labute approximate surface area is 263 Å². The zero-order valence-electron chi connectivity index (χ0n) is 27.0. The number of unbranched alkanes of at least 4 members (excludes halogenated alkanes) is 13. The van der Waals surface area contributed by atoms with Crippen molar-refractivity contribution < 1.29 is 16.5 Å². The second-order valence-corrected chi connectivity index (χ2v) is 11.6. The summed E-state index contributed by atoms with van der Waals surface area (Å²) < 4.78 is 0. The Bertz CT molecular complexity index is 1130. The van der Waals surface area contributed by atoms with Crippen LogP contribution < -0.4 is 0 Å². The van der Waals surface area contributed by atoms with Gasteiger partial charge in [-0.1, -0.05) is 109 Å². The van der Waals surface area contributed by atoms with Crippen LogP contribution in [0, 0.1) is 39.5 Å². The van der Waals surface area contributed by atoms with E-state index in [0.29, 0.717) is 0 Å². The summed E-state index contributed by atoms with van der Waals surface area (Å²) in [4.78, 5) is 10.3. The molecule has 2 aromatic rings. The van der Waals surface area contributed by atoms with Gasteiger partial charge in [-0.3, -0.25) is 4.99 Å². The predicted octanol–water partition coefficient (Wildman–Crippen LogP) is 12.0. The molecule has 2 rings (SSSR count). The quantitative estimate of drug-likeness (QED) is 0.0705. The van der Waals surface area contributed by atoms with Crippen molar-refractivity contribution in [2.45, 2.75) is 144 Å². The van der Waals surface area contributed by atoms with Crippen LogP contribution in [-0.4, -0.2) is 11.4 Å². The van der Waals surface area contributed by atoms with Gasteiger partial charge in [0.1, 0.15) is 5.71 Å². The Morgan fingerprint density at radius 3 is 1.54 bits per heavy atom. The molecule has 2 aromatic carbocycles. The van der Waals surface area contributed by atoms with E-state index in [1.54, 1.807) is 0 Å². The molecule has 228 valence electrons. The van der Waals surface area contributed by atoms with Crippen molar-refractivity contribution in [3.05, 3.63) is 58.7 Å². The van der Waals surface area contributed by atoms with E-state index >= 15 is 0 Å². The van der Waals surface area contributed by atoms with Gasteiger partial charge in [-0.2, -0.15) is 0 Å². The molecule has 0 radical (unpaired) electrons. The topological polar surface area (TPSA) is 24.7 Å². The fourth-order valence-electron chi connectivity index (χ4n) is 4.83. The van der Waals surface area contributed by atoms with Gasteiger partial charge in [0.05, 0.1) is 17.1 Å². The predicted molar refractivity (Wildman–Crippen MR) is 179 cm³/mol. The third-order valence-electron chi connectivity index (χ3n) is 7.89. The van der Waals surface area contributed by atoms with E-state index in [0.717, 1.165) is 42.1 Å². The molecular formula is C38H56N2Ni. The molecule has 3 heteroatoms. The molecule has 0 aliphatic carbocycles. The number of rotatable bonds is 18. The van der Waals surface area contributed by atoms with Gasteiger partial charge < -0.3 is 0 Å². The van der Waals surface area contributed by atoms with Crippen LogP contribution in [0.4, 0.5) is 11.4 Å². The summed E-state index contributed by atoms with van der Waals surface area (Å²) in [5.74, 6) is 6.97. The minimum atomic E-state index is 0. The summed E-state index contributed by atoms with van der Waals surface area (Å²) in [7, 11) is 0. The molecule has 0 amide bonds. The molecule has 0 aliphatic heterocycles. The van der Waals surface area contributed by atoms with Crippen molar-refractivity contribution in [1.29, 1.82) is 0 Å². The Kier molecular flexibility index (Phi) is 20.2. The van der Waals surface area contributed by atoms with Crippen molar-refractivity contribution in [2.24, 2.45) is 9.98 Å². The minimum absolute atomic E-state index is 0. The molecule has 0 aliphatic rings. The third-order valence-corrected chi connectivity index (χ3v) is 7.89. The summed E-state index contributed by atoms with van der Waals surface area (Å²) in [6.07, 6.45) is 20.1. The monoisotopic (exact) mass is 598 g/mol. The Hall–Kier alpha value is -2.17. The maximum atomic E-state index is 5.15. The molecule has 0 heterocycles. The SMILES string of the molecule is CCCCCCCCCCCCC#CC(=Nc1ccc(C)c(C)c1)C(CCCCCC)=Nc1ccc(C)c(C)c1.[Ni]. The molecule has 0 saturated carbocycles. The van der Waals surface area contributed by atoms with E-state index in [1.165, 1.54) is 106 Å². The molecule has 0 unspecified atom stereocenters. The van der Waals surface area contributed by atoms with Crippen molar-refractivity contribution in [2.75, 3.05) is 0 Å². The van der Waals surface area contributed by atoms with Crippen LogP contribution in [0.25, 0.3) is 0 Å². The average Bonchev–Trinajstić information content (AvgIpc) is 2.94. The molecule has 0 saturated heterocycles. The van der Waals surface area contributed by atoms with Crippen LogP contribution in [-0.2, 0) is 16.5 Å². The Morgan fingerprint density at radius 2 is 1.02 bits per heavy atom. The molecular weight excluding hydrogens is 543 g/mol. The van der Waals surface area contributed by atoms with Gasteiger partial charge in [0.25, 0.3) is 0 Å². The first-order chi connectivity index (χ1) is 19.4. The number of nitrogens with zero attached hydrogens (tertiary/aromatic N) is 2. The standard InChI is InChI=1S/C38H56N2.Ni/c1-7-9-11-13-14-15-16-17-18-19-20-22-24-38(40-36-28-26-32(4)34(6)30-36)37(23-21-12-10-8-2)39-35-27-25-31(3)33(5)29-35;/h25-30H,7-21,23H2,1-6H3;. The normalized spacial score (nSPS) is 11.7. The summed E-state index contributed by atoms with van der Waals surface area (Å²) in [6, 6.07) is 12.9. The summed E-state index contributed by atoms with van der Waals surface area (Å²) in [5, 5.41) is 0. The average molecular weight is 600 g/mol. The van der Waals surface area contributed by atoms with E-state index in [1.807, 2.05) is 0 Å². The molecule has 0 spiro atoms. The second-order valence-electron chi connectivity index (χ2n) is 11.6. The van der Waals surface area contributed by atoms with Gasteiger partial charge in [-0.05, 0) is 99.4 Å². The number of aryl methyl sites for hydroxylation is 4. The number of benzene rings is 2. The maximum Gasteiger partial charge on any atom is 0.135 e. The van der Waals surface area contributed by atoms with Crippen molar-refractivity contribution in [3.8, 4) is 11.8 Å². The van der Waals surface area contributed by atoms with E-state index in [4.69, 9.17) is 9.98 Å². The van der Waals surface area contributed by atoms with Crippen LogP contribution in [0.2, 0.25) is 0 Å². The molecule has 41 heavy (non-hydrogen) atoms. The van der Waals surface area contributed by atoms with Crippen LogP contribution in [0.1, 0.15) is 139 Å². The van der Waals surface area contributed by atoms with Gasteiger partial charge in [0.15, 0.2) is 0 Å². The van der Waals surface area contributed by atoms with E-state index in [2.05, 4.69) is 89.8 Å². The number of hydrogen-bond acceptors (Lipinski definition) is 2. The van der Waals surface area contributed by atoms with Gasteiger partial charge in [-0.15, -0.1) is 0 Å². The van der Waals surface area contributed by atoms with E-state index < -0.39 is 0 Å².